The summed E-state index contributed by atoms with van der Waals surface area (Å²) >= 11 is 11.9. The average molecular weight is 290 g/mol. The van der Waals surface area contributed by atoms with E-state index < -0.39 is 6.10 Å². The van der Waals surface area contributed by atoms with Crippen molar-refractivity contribution >= 4 is 23.2 Å². The molecule has 3 nitrogen and oxygen atoms in total. The molecule has 1 fully saturated rings. The van der Waals surface area contributed by atoms with Crippen LogP contribution in [0.1, 0.15) is 5.56 Å². The average Bonchev–Trinajstić information content (AvgIpc) is 2.32. The van der Waals surface area contributed by atoms with E-state index in [0.717, 1.165) is 18.7 Å². The molecule has 1 aromatic carbocycles. The van der Waals surface area contributed by atoms with Gasteiger partial charge in [0.05, 0.1) is 18.8 Å². The van der Waals surface area contributed by atoms with Crippen LogP contribution in [0.2, 0.25) is 10.0 Å². The lowest BCUT2D eigenvalue weighted by Crippen LogP contribution is -2.46. The first-order valence-electron chi connectivity index (χ1n) is 5.98. The lowest BCUT2D eigenvalue weighted by Gasteiger charge is -2.33. The Labute approximate surface area is 117 Å². The SMILES string of the molecule is CN1CCOC(C(O)Cc2ccc(Cl)cc2Cl)C1. The summed E-state index contributed by atoms with van der Waals surface area (Å²) in [4.78, 5) is 2.15. The van der Waals surface area contributed by atoms with Gasteiger partial charge in [-0.1, -0.05) is 29.3 Å². The highest BCUT2D eigenvalue weighted by Gasteiger charge is 2.25. The van der Waals surface area contributed by atoms with Crippen molar-refractivity contribution in [1.82, 2.24) is 4.90 Å². The number of nitrogens with zero attached hydrogens (tertiary/aromatic N) is 1. The number of hydrogen-bond acceptors (Lipinski definition) is 3. The highest BCUT2D eigenvalue weighted by molar-refractivity contribution is 6.35. The zero-order chi connectivity index (χ0) is 13.1. The van der Waals surface area contributed by atoms with Gasteiger partial charge in [-0.15, -0.1) is 0 Å². The summed E-state index contributed by atoms with van der Waals surface area (Å²) in [6.45, 7) is 2.31. The van der Waals surface area contributed by atoms with E-state index in [9.17, 15) is 5.11 Å². The van der Waals surface area contributed by atoms with E-state index in [2.05, 4.69) is 4.90 Å². The molecule has 2 unspecified atom stereocenters. The lowest BCUT2D eigenvalue weighted by molar-refractivity contribution is -0.0823. The number of aliphatic hydroxyl groups is 1. The van der Waals surface area contributed by atoms with E-state index in [-0.39, 0.29) is 6.10 Å². The first kappa shape index (κ1) is 14.1. The van der Waals surface area contributed by atoms with Gasteiger partial charge in [0.25, 0.3) is 0 Å². The summed E-state index contributed by atoms with van der Waals surface area (Å²) < 4.78 is 5.59. The van der Waals surface area contributed by atoms with Crippen molar-refractivity contribution in [3.8, 4) is 0 Å². The number of benzene rings is 1. The van der Waals surface area contributed by atoms with Crippen molar-refractivity contribution < 1.29 is 9.84 Å². The Morgan fingerprint density at radius 2 is 2.28 bits per heavy atom. The van der Waals surface area contributed by atoms with Crippen LogP contribution in [0.25, 0.3) is 0 Å². The zero-order valence-corrected chi connectivity index (χ0v) is 11.8. The van der Waals surface area contributed by atoms with Gasteiger partial charge in [-0.2, -0.15) is 0 Å². The van der Waals surface area contributed by atoms with Crippen molar-refractivity contribution in [3.63, 3.8) is 0 Å². The summed E-state index contributed by atoms with van der Waals surface area (Å²) in [7, 11) is 2.03. The van der Waals surface area contributed by atoms with Crippen LogP contribution in [0.15, 0.2) is 18.2 Å². The van der Waals surface area contributed by atoms with Crippen LogP contribution < -0.4 is 0 Å². The van der Waals surface area contributed by atoms with Gasteiger partial charge in [-0.25, -0.2) is 0 Å². The molecule has 1 aliphatic heterocycles. The first-order valence-corrected chi connectivity index (χ1v) is 6.74. The Morgan fingerprint density at radius 1 is 1.50 bits per heavy atom. The molecule has 1 aromatic rings. The Kier molecular flexibility index (Phi) is 4.87. The van der Waals surface area contributed by atoms with Crippen molar-refractivity contribution in [1.29, 1.82) is 0 Å². The maximum absolute atomic E-state index is 10.2. The number of hydrogen-bond donors (Lipinski definition) is 1. The fourth-order valence-corrected chi connectivity index (χ4v) is 2.57. The predicted molar refractivity (Wildman–Crippen MR) is 73.4 cm³/mol. The molecule has 0 spiro atoms. The van der Waals surface area contributed by atoms with Gasteiger partial charge in [0.1, 0.15) is 0 Å². The molecule has 100 valence electrons. The molecule has 0 aliphatic carbocycles. The Balaban J connectivity index is 1.99. The zero-order valence-electron chi connectivity index (χ0n) is 10.3. The molecule has 5 heteroatoms. The van der Waals surface area contributed by atoms with Crippen LogP contribution in [0.3, 0.4) is 0 Å². The van der Waals surface area contributed by atoms with E-state index in [0.29, 0.717) is 23.1 Å². The minimum atomic E-state index is -0.550. The van der Waals surface area contributed by atoms with Gasteiger partial charge in [-0.05, 0) is 24.7 Å². The van der Waals surface area contributed by atoms with E-state index in [1.807, 2.05) is 13.1 Å². The molecule has 0 aromatic heterocycles. The van der Waals surface area contributed by atoms with Crippen LogP contribution in [-0.4, -0.2) is 49.0 Å². The molecule has 0 bridgehead atoms. The summed E-state index contributed by atoms with van der Waals surface area (Å²) in [6, 6.07) is 5.32. The molecule has 2 rings (SSSR count). The number of morpholine rings is 1. The third-order valence-electron chi connectivity index (χ3n) is 3.17. The van der Waals surface area contributed by atoms with Gasteiger partial charge in [0.15, 0.2) is 0 Å². The van der Waals surface area contributed by atoms with Crippen LogP contribution in [0.5, 0.6) is 0 Å². The molecule has 1 N–H and O–H groups in total. The summed E-state index contributed by atoms with van der Waals surface area (Å²) in [5.74, 6) is 0. The van der Waals surface area contributed by atoms with Crippen molar-refractivity contribution in [2.75, 3.05) is 26.7 Å². The minimum absolute atomic E-state index is 0.157. The van der Waals surface area contributed by atoms with Gasteiger partial charge < -0.3 is 14.7 Å². The van der Waals surface area contributed by atoms with Gasteiger partial charge in [0, 0.05) is 29.6 Å². The van der Waals surface area contributed by atoms with Crippen LogP contribution in [0.4, 0.5) is 0 Å². The molecule has 0 amide bonds. The second kappa shape index (κ2) is 6.22. The summed E-state index contributed by atoms with van der Waals surface area (Å²) in [5.41, 5.74) is 0.894. The third kappa shape index (κ3) is 3.59. The maximum Gasteiger partial charge on any atom is 0.0964 e. The van der Waals surface area contributed by atoms with Crippen LogP contribution >= 0.6 is 23.2 Å². The molecular weight excluding hydrogens is 273 g/mol. The molecular formula is C13H17Cl2NO2. The number of ether oxygens (including phenoxy) is 1. The highest BCUT2D eigenvalue weighted by atomic mass is 35.5. The molecule has 0 radical (unpaired) electrons. The van der Waals surface area contributed by atoms with Gasteiger partial charge in [-0.3, -0.25) is 0 Å². The molecule has 1 saturated heterocycles. The maximum atomic E-state index is 10.2. The summed E-state index contributed by atoms with van der Waals surface area (Å²) in [5, 5.41) is 11.4. The quantitative estimate of drug-likeness (QED) is 0.926. The molecule has 0 saturated carbocycles. The fourth-order valence-electron chi connectivity index (χ4n) is 2.09. The Bertz CT molecular complexity index is 414. The smallest absolute Gasteiger partial charge is 0.0964 e. The topological polar surface area (TPSA) is 32.7 Å². The lowest BCUT2D eigenvalue weighted by atomic mass is 10.0. The van der Waals surface area contributed by atoms with E-state index in [1.165, 1.54) is 0 Å². The molecule has 1 aliphatic rings. The van der Waals surface area contributed by atoms with Crippen LogP contribution in [0, 0.1) is 0 Å². The van der Waals surface area contributed by atoms with E-state index in [4.69, 9.17) is 27.9 Å². The van der Waals surface area contributed by atoms with Gasteiger partial charge >= 0.3 is 0 Å². The molecule has 2 atom stereocenters. The summed E-state index contributed by atoms with van der Waals surface area (Å²) in [6.07, 6.45) is -0.226. The number of aliphatic hydroxyl groups excluding tert-OH is 1. The number of rotatable bonds is 3. The molecule has 18 heavy (non-hydrogen) atoms. The highest BCUT2D eigenvalue weighted by Crippen LogP contribution is 2.23. The molecule has 1 heterocycles. The Hall–Kier alpha value is -0.320. The predicted octanol–water partition coefficient (Wildman–Crippen LogP) is 2.23. The fraction of sp³-hybridized carbons (Fsp3) is 0.538. The van der Waals surface area contributed by atoms with E-state index in [1.54, 1.807) is 12.1 Å². The largest absolute Gasteiger partial charge is 0.390 e. The second-order valence-corrected chi connectivity index (χ2v) is 5.52. The van der Waals surface area contributed by atoms with Crippen molar-refractivity contribution in [2.24, 2.45) is 0 Å². The normalized spacial score (nSPS) is 23.0. The van der Waals surface area contributed by atoms with Crippen LogP contribution in [-0.2, 0) is 11.2 Å². The van der Waals surface area contributed by atoms with Crippen molar-refractivity contribution in [2.45, 2.75) is 18.6 Å². The standard InChI is InChI=1S/C13H17Cl2NO2/c1-16-4-5-18-13(8-16)12(17)6-9-2-3-10(14)7-11(9)15/h2-3,7,12-13,17H,4-6,8H2,1H3. The Morgan fingerprint density at radius 3 is 2.94 bits per heavy atom. The van der Waals surface area contributed by atoms with Gasteiger partial charge in [0.2, 0.25) is 0 Å². The number of halogens is 2. The third-order valence-corrected chi connectivity index (χ3v) is 3.76. The second-order valence-electron chi connectivity index (χ2n) is 4.68. The van der Waals surface area contributed by atoms with Crippen molar-refractivity contribution in [3.05, 3.63) is 33.8 Å². The first-order chi connectivity index (χ1) is 8.56. The minimum Gasteiger partial charge on any atom is -0.390 e. The number of likely N-dealkylation sites (N-methyl/N-ethyl adjacent to an activating group) is 1. The monoisotopic (exact) mass is 289 g/mol. The van der Waals surface area contributed by atoms with E-state index >= 15 is 0 Å².